The second-order valence-electron chi connectivity index (χ2n) is 5.21. The predicted molar refractivity (Wildman–Crippen MR) is 78.1 cm³/mol. The van der Waals surface area contributed by atoms with Crippen LogP contribution < -0.4 is 5.32 Å². The SMILES string of the molecule is COCCNCC(C)CCc1c(C)cccc1C. The number of hydrogen-bond acceptors (Lipinski definition) is 2. The summed E-state index contributed by atoms with van der Waals surface area (Å²) in [5.41, 5.74) is 4.38. The lowest BCUT2D eigenvalue weighted by Crippen LogP contribution is -2.25. The minimum absolute atomic E-state index is 0.709. The van der Waals surface area contributed by atoms with Crippen molar-refractivity contribution in [3.63, 3.8) is 0 Å². The number of rotatable bonds is 8. The summed E-state index contributed by atoms with van der Waals surface area (Å²) in [6.07, 6.45) is 2.43. The molecule has 1 aromatic carbocycles. The maximum absolute atomic E-state index is 5.02. The summed E-state index contributed by atoms with van der Waals surface area (Å²) in [4.78, 5) is 0. The molecule has 0 aliphatic heterocycles. The number of nitrogens with one attached hydrogen (secondary N) is 1. The highest BCUT2D eigenvalue weighted by Gasteiger charge is 2.06. The van der Waals surface area contributed by atoms with Gasteiger partial charge in [-0.15, -0.1) is 0 Å². The van der Waals surface area contributed by atoms with Crippen LogP contribution in [0.3, 0.4) is 0 Å². The molecule has 2 heteroatoms. The Morgan fingerprint density at radius 3 is 2.50 bits per heavy atom. The quantitative estimate of drug-likeness (QED) is 0.715. The average molecular weight is 249 g/mol. The van der Waals surface area contributed by atoms with Gasteiger partial charge in [-0.2, -0.15) is 0 Å². The van der Waals surface area contributed by atoms with Gasteiger partial charge >= 0.3 is 0 Å². The molecule has 0 saturated carbocycles. The summed E-state index contributed by atoms with van der Waals surface area (Å²) in [5, 5.41) is 3.43. The van der Waals surface area contributed by atoms with Gasteiger partial charge in [-0.1, -0.05) is 25.1 Å². The Labute approximate surface area is 112 Å². The first-order chi connectivity index (χ1) is 8.65. The van der Waals surface area contributed by atoms with E-state index in [1.807, 2.05) is 0 Å². The van der Waals surface area contributed by atoms with Crippen LogP contribution in [0.15, 0.2) is 18.2 Å². The molecule has 0 bridgehead atoms. The van der Waals surface area contributed by atoms with Gasteiger partial charge in [0.25, 0.3) is 0 Å². The standard InChI is InChI=1S/C16H27NO/c1-13(12-17-10-11-18-4)8-9-16-14(2)6-5-7-15(16)3/h5-7,13,17H,8-12H2,1-4H3. The minimum Gasteiger partial charge on any atom is -0.383 e. The molecule has 0 aliphatic rings. The summed E-state index contributed by atoms with van der Waals surface area (Å²) < 4.78 is 5.02. The number of aryl methyl sites for hydroxylation is 2. The lowest BCUT2D eigenvalue weighted by molar-refractivity contribution is 0.198. The minimum atomic E-state index is 0.709. The summed E-state index contributed by atoms with van der Waals surface area (Å²) in [6, 6.07) is 6.57. The van der Waals surface area contributed by atoms with E-state index in [1.165, 1.54) is 29.5 Å². The van der Waals surface area contributed by atoms with Gasteiger partial charge in [-0.25, -0.2) is 0 Å². The zero-order chi connectivity index (χ0) is 13.4. The second kappa shape index (κ2) is 8.28. The van der Waals surface area contributed by atoms with E-state index in [0.717, 1.165) is 19.7 Å². The van der Waals surface area contributed by atoms with Crippen LogP contribution in [0.4, 0.5) is 0 Å². The maximum atomic E-state index is 5.02. The van der Waals surface area contributed by atoms with E-state index >= 15 is 0 Å². The fourth-order valence-corrected chi connectivity index (χ4v) is 2.26. The Morgan fingerprint density at radius 1 is 1.22 bits per heavy atom. The summed E-state index contributed by atoms with van der Waals surface area (Å²) in [7, 11) is 1.74. The molecule has 18 heavy (non-hydrogen) atoms. The van der Waals surface area contributed by atoms with Crippen molar-refractivity contribution < 1.29 is 4.74 Å². The molecule has 1 aromatic rings. The molecule has 1 rings (SSSR count). The number of hydrogen-bond donors (Lipinski definition) is 1. The third-order valence-electron chi connectivity index (χ3n) is 3.51. The first kappa shape index (κ1) is 15.2. The monoisotopic (exact) mass is 249 g/mol. The van der Waals surface area contributed by atoms with Gasteiger partial charge in [0, 0.05) is 13.7 Å². The first-order valence-electron chi connectivity index (χ1n) is 6.90. The van der Waals surface area contributed by atoms with Crippen molar-refractivity contribution in [3.05, 3.63) is 34.9 Å². The summed E-state index contributed by atoms with van der Waals surface area (Å²) >= 11 is 0. The number of benzene rings is 1. The van der Waals surface area contributed by atoms with E-state index in [-0.39, 0.29) is 0 Å². The maximum Gasteiger partial charge on any atom is 0.0587 e. The lowest BCUT2D eigenvalue weighted by atomic mass is 9.94. The van der Waals surface area contributed by atoms with Gasteiger partial charge in [0.15, 0.2) is 0 Å². The molecular formula is C16H27NO. The largest absolute Gasteiger partial charge is 0.383 e. The molecule has 0 amide bonds. The molecule has 0 fully saturated rings. The topological polar surface area (TPSA) is 21.3 Å². The first-order valence-corrected chi connectivity index (χ1v) is 6.90. The van der Waals surface area contributed by atoms with Crippen LogP contribution in [0, 0.1) is 19.8 Å². The Bertz CT molecular complexity index is 329. The molecule has 0 aromatic heterocycles. The Morgan fingerprint density at radius 2 is 1.89 bits per heavy atom. The van der Waals surface area contributed by atoms with Crippen molar-refractivity contribution in [2.45, 2.75) is 33.6 Å². The molecular weight excluding hydrogens is 222 g/mol. The molecule has 1 N–H and O–H groups in total. The van der Waals surface area contributed by atoms with Gasteiger partial charge in [0.05, 0.1) is 6.61 Å². The van der Waals surface area contributed by atoms with Gasteiger partial charge < -0.3 is 10.1 Å². The average Bonchev–Trinajstić information content (AvgIpc) is 2.34. The van der Waals surface area contributed by atoms with E-state index in [9.17, 15) is 0 Å². The van der Waals surface area contributed by atoms with Crippen molar-refractivity contribution in [2.24, 2.45) is 5.92 Å². The smallest absolute Gasteiger partial charge is 0.0587 e. The number of ether oxygens (including phenoxy) is 1. The van der Waals surface area contributed by atoms with Crippen LogP contribution >= 0.6 is 0 Å². The van der Waals surface area contributed by atoms with Gasteiger partial charge in [0.1, 0.15) is 0 Å². The fraction of sp³-hybridized carbons (Fsp3) is 0.625. The molecule has 0 radical (unpaired) electrons. The van der Waals surface area contributed by atoms with Gasteiger partial charge in [-0.05, 0) is 55.8 Å². The van der Waals surface area contributed by atoms with Gasteiger partial charge in [-0.3, -0.25) is 0 Å². The van der Waals surface area contributed by atoms with Crippen molar-refractivity contribution in [2.75, 3.05) is 26.8 Å². The van der Waals surface area contributed by atoms with Crippen molar-refractivity contribution in [1.29, 1.82) is 0 Å². The van der Waals surface area contributed by atoms with E-state index in [2.05, 4.69) is 44.3 Å². The Hall–Kier alpha value is -0.860. The zero-order valence-electron chi connectivity index (χ0n) is 12.3. The van der Waals surface area contributed by atoms with Crippen molar-refractivity contribution in [1.82, 2.24) is 5.32 Å². The van der Waals surface area contributed by atoms with Gasteiger partial charge in [0.2, 0.25) is 0 Å². The van der Waals surface area contributed by atoms with E-state index < -0.39 is 0 Å². The molecule has 0 aliphatic carbocycles. The highest BCUT2D eigenvalue weighted by molar-refractivity contribution is 5.33. The molecule has 1 unspecified atom stereocenters. The van der Waals surface area contributed by atoms with Crippen LogP contribution in [0.5, 0.6) is 0 Å². The third-order valence-corrected chi connectivity index (χ3v) is 3.51. The highest BCUT2D eigenvalue weighted by atomic mass is 16.5. The normalized spacial score (nSPS) is 12.7. The summed E-state index contributed by atoms with van der Waals surface area (Å²) in [5.74, 6) is 0.709. The fourth-order valence-electron chi connectivity index (χ4n) is 2.26. The second-order valence-corrected chi connectivity index (χ2v) is 5.21. The van der Waals surface area contributed by atoms with Crippen LogP contribution in [-0.4, -0.2) is 26.8 Å². The Kier molecular flexibility index (Phi) is 6.99. The lowest BCUT2D eigenvalue weighted by Gasteiger charge is -2.15. The molecule has 2 nitrogen and oxygen atoms in total. The van der Waals surface area contributed by atoms with E-state index in [0.29, 0.717) is 5.92 Å². The molecule has 0 saturated heterocycles. The van der Waals surface area contributed by atoms with E-state index in [4.69, 9.17) is 4.74 Å². The molecule has 0 heterocycles. The van der Waals surface area contributed by atoms with E-state index in [1.54, 1.807) is 7.11 Å². The third kappa shape index (κ3) is 5.19. The highest BCUT2D eigenvalue weighted by Crippen LogP contribution is 2.17. The summed E-state index contributed by atoms with van der Waals surface area (Å²) in [6.45, 7) is 9.56. The molecule has 1 atom stereocenters. The zero-order valence-corrected chi connectivity index (χ0v) is 12.3. The number of methoxy groups -OCH3 is 1. The van der Waals surface area contributed by atoms with Crippen LogP contribution in [0.2, 0.25) is 0 Å². The molecule has 0 spiro atoms. The van der Waals surface area contributed by atoms with Crippen molar-refractivity contribution in [3.8, 4) is 0 Å². The van der Waals surface area contributed by atoms with Crippen LogP contribution in [0.25, 0.3) is 0 Å². The molecule has 102 valence electrons. The Balaban J connectivity index is 2.31. The van der Waals surface area contributed by atoms with Crippen LogP contribution in [-0.2, 0) is 11.2 Å². The van der Waals surface area contributed by atoms with Crippen LogP contribution in [0.1, 0.15) is 30.0 Å². The van der Waals surface area contributed by atoms with Crippen molar-refractivity contribution >= 4 is 0 Å². The predicted octanol–water partition coefficient (Wildman–Crippen LogP) is 3.11.